The van der Waals surface area contributed by atoms with Crippen LogP contribution in [-0.4, -0.2) is 121 Å². The first-order valence-electron chi connectivity index (χ1n) is 22.2. The van der Waals surface area contributed by atoms with E-state index in [9.17, 15) is 55.2 Å². The van der Waals surface area contributed by atoms with Gasteiger partial charge >= 0.3 is 23.9 Å². The van der Waals surface area contributed by atoms with Gasteiger partial charge in [0.2, 0.25) is 23.6 Å². The number of hydrogen-bond donors (Lipinski definition) is 0. The van der Waals surface area contributed by atoms with Gasteiger partial charge in [-0.2, -0.15) is 8.61 Å². The number of hydrogen-bond acceptors (Lipinski definition) is 18. The van der Waals surface area contributed by atoms with Gasteiger partial charge in [0.15, 0.2) is 0 Å². The van der Waals surface area contributed by atoms with Crippen molar-refractivity contribution in [3.8, 4) is 0 Å². The Morgan fingerprint density at radius 2 is 0.957 bits per heavy atom. The summed E-state index contributed by atoms with van der Waals surface area (Å²) in [7, 11) is -8.54. The van der Waals surface area contributed by atoms with E-state index in [1.165, 1.54) is 54.7 Å². The first kappa shape index (κ1) is 51.5. The molecule has 2 aromatic carbocycles. The molecule has 0 N–H and O–H groups in total. The lowest BCUT2D eigenvalue weighted by Gasteiger charge is -2.27. The molecule has 2 aliphatic heterocycles. The van der Waals surface area contributed by atoms with Crippen LogP contribution in [0.5, 0.6) is 0 Å². The molecule has 6 fully saturated rings. The lowest BCUT2D eigenvalue weighted by atomic mass is 9.81. The number of rotatable bonds is 18. The van der Waals surface area contributed by atoms with Crippen LogP contribution in [0.3, 0.4) is 0 Å². The third-order valence-electron chi connectivity index (χ3n) is 13.5. The number of esters is 4. The van der Waals surface area contributed by atoms with Gasteiger partial charge in [0.05, 0.1) is 45.0 Å². The Morgan fingerprint density at radius 3 is 1.33 bits per heavy atom. The van der Waals surface area contributed by atoms with Crippen molar-refractivity contribution in [2.45, 2.75) is 66.7 Å². The number of ether oxygens (including phenoxy) is 4. The number of benzene rings is 2. The maximum Gasteiger partial charge on any atom is 0.333 e. The van der Waals surface area contributed by atoms with E-state index in [1.807, 2.05) is 13.8 Å². The molecule has 2 aromatic rings. The van der Waals surface area contributed by atoms with Gasteiger partial charge in [0, 0.05) is 22.1 Å². The summed E-state index contributed by atoms with van der Waals surface area (Å²) in [6.45, 7) is 11.6. The monoisotopic (exact) mass is 1030 g/mol. The summed E-state index contributed by atoms with van der Waals surface area (Å²) in [4.78, 5) is 98.8. The number of amides is 4. The smallest absolute Gasteiger partial charge is 0.333 e. The standard InChI is InChI=1S/C24H27NO8S2.C23H25NO8S2/c1-13(2)24(29)33-9-8-32-19(26)12-34-18-11-15-10-17(18)21-20(15)22(27)25(23(21)28)35(30,31)16-6-4-14(3)5-7-16;1-3-18(25)31-8-9-32-19(26)12-33-17-11-14-10-16(17)21-20(14)22(27)24(23(21)28)34(29,30)15-6-4-13(2)5-7-15/h4-7,15,17-18,20-21H,1,8-12H2,2-3H3;3-7,14,16-17,20-21H,1,8-12H2,2H3. The summed E-state index contributed by atoms with van der Waals surface area (Å²) < 4.78 is 73.1. The van der Waals surface area contributed by atoms with Crippen LogP contribution in [0.25, 0.3) is 0 Å². The molecule has 0 radical (unpaired) electrons. The molecule has 4 aliphatic carbocycles. The molecule has 4 amide bonds. The van der Waals surface area contributed by atoms with Crippen molar-refractivity contribution >= 4 is 91.1 Å². The van der Waals surface area contributed by atoms with Gasteiger partial charge in [0.1, 0.15) is 26.4 Å². The van der Waals surface area contributed by atoms with Crippen molar-refractivity contribution in [3.05, 3.63) is 84.5 Å². The highest BCUT2D eigenvalue weighted by Crippen LogP contribution is 2.61. The first-order chi connectivity index (χ1) is 32.7. The number of imide groups is 2. The second-order valence-electron chi connectivity index (χ2n) is 17.8. The number of fused-ring (bicyclic) bond motifs is 10. The third kappa shape index (κ3) is 10.4. The topological polar surface area (TPSA) is 248 Å². The molecule has 6 aliphatic rings. The van der Waals surface area contributed by atoms with Crippen LogP contribution in [0, 0.1) is 61.2 Å². The molecule has 2 heterocycles. The highest BCUT2D eigenvalue weighted by molar-refractivity contribution is 8.00. The highest BCUT2D eigenvalue weighted by Gasteiger charge is 2.67. The van der Waals surface area contributed by atoms with Crippen LogP contribution in [0.15, 0.2) is 83.1 Å². The van der Waals surface area contributed by atoms with Gasteiger partial charge in [-0.25, -0.2) is 26.4 Å². The Hall–Kier alpha value is -5.32. The fourth-order valence-electron chi connectivity index (χ4n) is 10.4. The maximum atomic E-state index is 13.2. The van der Waals surface area contributed by atoms with Crippen molar-refractivity contribution < 1.29 is 74.1 Å². The summed E-state index contributed by atoms with van der Waals surface area (Å²) in [6, 6.07) is 12.1. The molecule has 4 saturated carbocycles. The zero-order valence-electron chi connectivity index (χ0n) is 38.0. The molecule has 10 atom stereocenters. The summed E-state index contributed by atoms with van der Waals surface area (Å²) >= 11 is 2.71. The lowest BCUT2D eigenvalue weighted by Crippen LogP contribution is -2.38. The largest absolute Gasteiger partial charge is 0.461 e. The first-order valence-corrected chi connectivity index (χ1v) is 27.2. The Balaban J connectivity index is 0.000000204. The Labute approximate surface area is 408 Å². The van der Waals surface area contributed by atoms with E-state index < -0.39 is 91.2 Å². The summed E-state index contributed by atoms with van der Waals surface area (Å²) in [5.74, 6) is -7.75. The predicted octanol–water partition coefficient (Wildman–Crippen LogP) is 3.79. The predicted molar refractivity (Wildman–Crippen MR) is 248 cm³/mol. The average molecular weight is 1030 g/mol. The van der Waals surface area contributed by atoms with E-state index in [4.69, 9.17) is 18.9 Å². The molecule has 0 aromatic heterocycles. The Morgan fingerprint density at radius 1 is 0.594 bits per heavy atom. The fraction of sp³-hybridized carbons (Fsp3) is 0.489. The number of thioether (sulfide) groups is 2. The van der Waals surface area contributed by atoms with Gasteiger partial charge in [-0.05, 0) is 94.4 Å². The van der Waals surface area contributed by atoms with Crippen molar-refractivity contribution in [1.29, 1.82) is 0 Å². The molecule has 4 bridgehead atoms. The van der Waals surface area contributed by atoms with E-state index in [-0.39, 0.29) is 87.5 Å². The second kappa shape index (κ2) is 21.0. The van der Waals surface area contributed by atoms with E-state index in [1.54, 1.807) is 24.3 Å². The van der Waals surface area contributed by atoms with Crippen LogP contribution >= 0.6 is 23.5 Å². The number of carbonyl (C=O) groups excluding carboxylic acids is 8. The summed E-state index contributed by atoms with van der Waals surface area (Å²) in [6.07, 6.45) is 3.61. The molecule has 0 spiro atoms. The van der Waals surface area contributed by atoms with Gasteiger partial charge in [-0.3, -0.25) is 28.8 Å². The van der Waals surface area contributed by atoms with Gasteiger partial charge in [0.25, 0.3) is 20.0 Å². The van der Waals surface area contributed by atoms with Crippen molar-refractivity contribution in [3.63, 3.8) is 0 Å². The zero-order chi connectivity index (χ0) is 50.1. The van der Waals surface area contributed by atoms with Gasteiger partial charge < -0.3 is 18.9 Å². The number of aryl methyl sites for hydroxylation is 2. The molecule has 8 rings (SSSR count). The minimum atomic E-state index is -4.27. The van der Waals surface area contributed by atoms with Crippen LogP contribution in [0.4, 0.5) is 0 Å². The summed E-state index contributed by atoms with van der Waals surface area (Å²) in [5.41, 5.74) is 1.99. The van der Waals surface area contributed by atoms with E-state index in [0.717, 1.165) is 17.2 Å². The van der Waals surface area contributed by atoms with Crippen molar-refractivity contribution in [2.24, 2.45) is 47.3 Å². The number of carbonyl (C=O) groups is 8. The number of nitrogens with zero attached hydrogens (tertiary/aromatic N) is 2. The third-order valence-corrected chi connectivity index (χ3v) is 19.6. The number of sulfonamides is 2. The quantitative estimate of drug-likeness (QED) is 0.0677. The molecule has 69 heavy (non-hydrogen) atoms. The van der Waals surface area contributed by atoms with Crippen molar-refractivity contribution in [1.82, 2.24) is 8.61 Å². The highest BCUT2D eigenvalue weighted by atomic mass is 32.2. The average Bonchev–Trinajstić information content (AvgIpc) is 4.16. The Kier molecular flexibility index (Phi) is 15.6. The van der Waals surface area contributed by atoms with Gasteiger partial charge in [-0.15, -0.1) is 23.5 Å². The second-order valence-corrected chi connectivity index (χ2v) is 23.9. The minimum Gasteiger partial charge on any atom is -0.461 e. The van der Waals surface area contributed by atoms with Crippen LogP contribution in [0.2, 0.25) is 0 Å². The molecule has 10 unspecified atom stereocenters. The molecular weight excluding hydrogens is 977 g/mol. The van der Waals surface area contributed by atoms with Crippen LogP contribution in [0.1, 0.15) is 43.7 Å². The molecule has 18 nitrogen and oxygen atoms in total. The van der Waals surface area contributed by atoms with E-state index in [0.29, 0.717) is 34.3 Å². The molecule has 22 heteroatoms. The zero-order valence-corrected chi connectivity index (χ0v) is 41.3. The van der Waals surface area contributed by atoms with Crippen LogP contribution < -0.4 is 0 Å². The molecule has 370 valence electrons. The van der Waals surface area contributed by atoms with Crippen LogP contribution in [-0.2, 0) is 77.4 Å². The fourth-order valence-corrected chi connectivity index (χ4v) is 15.9. The summed E-state index contributed by atoms with van der Waals surface area (Å²) in [5, 5.41) is -0.0926. The van der Waals surface area contributed by atoms with Gasteiger partial charge in [-0.1, -0.05) is 48.6 Å². The van der Waals surface area contributed by atoms with Crippen molar-refractivity contribution in [2.75, 3.05) is 37.9 Å². The Bertz CT molecular complexity index is 2670. The van der Waals surface area contributed by atoms with E-state index >= 15 is 0 Å². The normalized spacial score (nSPS) is 27.3. The van der Waals surface area contributed by atoms with E-state index in [2.05, 4.69) is 13.2 Å². The lowest BCUT2D eigenvalue weighted by molar-refractivity contribution is -0.148. The maximum absolute atomic E-state index is 13.2. The SMILES string of the molecule is C=C(C)C(=O)OCCOC(=O)CSC1CC2CC1C1C(=O)N(S(=O)(=O)c3ccc(C)cc3)C(=O)C21.C=CC(=O)OCCOC(=O)CSC1CC2CC1C1C(=O)N(S(=O)(=O)c3ccc(C)cc3)C(=O)C21. The molecular formula is C47H52N2O16S4. The molecule has 2 saturated heterocycles. The minimum absolute atomic E-state index is 0.0452.